The summed E-state index contributed by atoms with van der Waals surface area (Å²) in [5.41, 5.74) is 6.17. The predicted molar refractivity (Wildman–Crippen MR) is 27.3 cm³/mol. The van der Waals surface area contributed by atoms with Gasteiger partial charge in [0, 0.05) is 6.54 Å². The SMILES string of the molecule is CCN/C=N\N=N. The molecule has 0 saturated carbocycles. The summed E-state index contributed by atoms with van der Waals surface area (Å²) in [5, 5.41) is 8.69. The van der Waals surface area contributed by atoms with E-state index in [2.05, 4.69) is 15.6 Å². The fraction of sp³-hybridized carbons (Fsp3) is 0.667. The molecule has 0 aliphatic heterocycles. The third-order valence-electron chi connectivity index (χ3n) is 0.411. The Hall–Kier alpha value is -0.930. The van der Waals surface area contributed by atoms with E-state index < -0.39 is 0 Å². The van der Waals surface area contributed by atoms with Crippen molar-refractivity contribution in [1.29, 1.82) is 5.53 Å². The van der Waals surface area contributed by atoms with Gasteiger partial charge in [-0.05, 0) is 6.92 Å². The van der Waals surface area contributed by atoms with Crippen molar-refractivity contribution in [3.8, 4) is 0 Å². The van der Waals surface area contributed by atoms with Crippen molar-refractivity contribution in [2.45, 2.75) is 6.92 Å². The topological polar surface area (TPSA) is 60.6 Å². The smallest absolute Gasteiger partial charge is 0.113 e. The molecule has 0 unspecified atom stereocenters. The van der Waals surface area contributed by atoms with Gasteiger partial charge in [0.25, 0.3) is 0 Å². The molecule has 0 fully saturated rings. The monoisotopic (exact) mass is 100 g/mol. The van der Waals surface area contributed by atoms with Gasteiger partial charge in [0.05, 0.1) is 0 Å². The fourth-order valence-corrected chi connectivity index (χ4v) is 0.161. The van der Waals surface area contributed by atoms with E-state index in [0.29, 0.717) is 0 Å². The van der Waals surface area contributed by atoms with Crippen LogP contribution in [0.5, 0.6) is 0 Å². The maximum Gasteiger partial charge on any atom is 0.113 e. The van der Waals surface area contributed by atoms with Gasteiger partial charge in [0.2, 0.25) is 0 Å². The Morgan fingerprint density at radius 2 is 2.57 bits per heavy atom. The van der Waals surface area contributed by atoms with Crippen molar-refractivity contribution in [2.75, 3.05) is 6.54 Å². The molecule has 0 bridgehead atoms. The highest BCUT2D eigenvalue weighted by molar-refractivity contribution is 5.53. The Labute approximate surface area is 42.1 Å². The molecular weight excluding hydrogens is 92.1 g/mol. The second kappa shape index (κ2) is 5.07. The molecule has 7 heavy (non-hydrogen) atoms. The number of rotatable bonds is 3. The van der Waals surface area contributed by atoms with Crippen LogP contribution in [0.4, 0.5) is 0 Å². The Morgan fingerprint density at radius 1 is 1.86 bits per heavy atom. The van der Waals surface area contributed by atoms with Gasteiger partial charge in [-0.3, -0.25) is 0 Å². The Morgan fingerprint density at radius 3 is 3.00 bits per heavy atom. The largest absolute Gasteiger partial charge is 0.375 e. The average Bonchev–Trinajstić information content (AvgIpc) is 1.69. The van der Waals surface area contributed by atoms with Crippen molar-refractivity contribution in [3.05, 3.63) is 0 Å². The van der Waals surface area contributed by atoms with E-state index in [1.54, 1.807) is 0 Å². The van der Waals surface area contributed by atoms with Crippen LogP contribution in [-0.2, 0) is 0 Å². The number of hydrogen-bond acceptors (Lipinski definition) is 2. The highest BCUT2D eigenvalue weighted by Gasteiger charge is 1.62. The summed E-state index contributed by atoms with van der Waals surface area (Å²) < 4.78 is 0. The molecule has 0 aliphatic rings. The second-order valence-electron chi connectivity index (χ2n) is 0.902. The van der Waals surface area contributed by atoms with Crippen molar-refractivity contribution < 1.29 is 0 Å². The zero-order valence-electron chi connectivity index (χ0n) is 4.18. The summed E-state index contributed by atoms with van der Waals surface area (Å²) in [6.07, 6.45) is 1.38. The summed E-state index contributed by atoms with van der Waals surface area (Å²) in [6.45, 7) is 2.76. The average molecular weight is 100 g/mol. The molecule has 4 nitrogen and oxygen atoms in total. The zero-order chi connectivity index (χ0) is 5.54. The van der Waals surface area contributed by atoms with Crippen LogP contribution in [0.2, 0.25) is 0 Å². The van der Waals surface area contributed by atoms with Gasteiger partial charge in [0.15, 0.2) is 0 Å². The molecule has 2 N–H and O–H groups in total. The van der Waals surface area contributed by atoms with Crippen LogP contribution in [-0.4, -0.2) is 12.9 Å². The lowest BCUT2D eigenvalue weighted by Gasteiger charge is -1.83. The molecule has 0 aromatic rings. The van der Waals surface area contributed by atoms with Crippen LogP contribution in [0, 0.1) is 5.53 Å². The van der Waals surface area contributed by atoms with Gasteiger partial charge in [-0.1, -0.05) is 5.22 Å². The summed E-state index contributed by atoms with van der Waals surface area (Å²) >= 11 is 0. The third kappa shape index (κ3) is 5.07. The van der Waals surface area contributed by atoms with E-state index in [-0.39, 0.29) is 0 Å². The lowest BCUT2D eigenvalue weighted by Crippen LogP contribution is -2.07. The first-order chi connectivity index (χ1) is 3.41. The minimum Gasteiger partial charge on any atom is -0.375 e. The molecule has 0 aromatic heterocycles. The molecule has 0 radical (unpaired) electrons. The van der Waals surface area contributed by atoms with Crippen LogP contribution >= 0.6 is 0 Å². The molecule has 40 valence electrons. The lowest BCUT2D eigenvalue weighted by atomic mass is 10.8. The van der Waals surface area contributed by atoms with E-state index in [0.717, 1.165) is 6.54 Å². The van der Waals surface area contributed by atoms with Crippen molar-refractivity contribution in [1.82, 2.24) is 5.32 Å². The molecule has 0 spiro atoms. The van der Waals surface area contributed by atoms with Crippen LogP contribution in [0.25, 0.3) is 0 Å². The fourth-order valence-electron chi connectivity index (χ4n) is 0.161. The summed E-state index contributed by atoms with van der Waals surface area (Å²) in [6, 6.07) is 0. The number of nitrogens with one attached hydrogen (secondary N) is 2. The molecule has 0 aromatic carbocycles. The van der Waals surface area contributed by atoms with Gasteiger partial charge in [0.1, 0.15) is 6.34 Å². The third-order valence-corrected chi connectivity index (χ3v) is 0.411. The first-order valence-electron chi connectivity index (χ1n) is 2.03. The highest BCUT2D eigenvalue weighted by atomic mass is 15.3. The quantitative estimate of drug-likeness (QED) is 0.231. The molecular formula is C3H8N4. The molecule has 0 rings (SSSR count). The molecule has 0 amide bonds. The van der Waals surface area contributed by atoms with Crippen LogP contribution in [0.3, 0.4) is 0 Å². The minimum atomic E-state index is 0.818. The highest BCUT2D eigenvalue weighted by Crippen LogP contribution is 1.58. The second-order valence-corrected chi connectivity index (χ2v) is 0.902. The van der Waals surface area contributed by atoms with Crippen LogP contribution in [0.1, 0.15) is 6.92 Å². The Kier molecular flexibility index (Phi) is 4.40. The molecule has 0 atom stereocenters. The maximum absolute atomic E-state index is 6.17. The first kappa shape index (κ1) is 6.07. The van der Waals surface area contributed by atoms with E-state index in [4.69, 9.17) is 5.53 Å². The predicted octanol–water partition coefficient (Wildman–Crippen LogP) is 0.570. The minimum absolute atomic E-state index is 0.818. The summed E-state index contributed by atoms with van der Waals surface area (Å²) in [4.78, 5) is 0. The Balaban J connectivity index is 2.92. The molecule has 0 saturated heterocycles. The van der Waals surface area contributed by atoms with E-state index in [1.165, 1.54) is 6.34 Å². The van der Waals surface area contributed by atoms with Crippen molar-refractivity contribution in [3.63, 3.8) is 0 Å². The van der Waals surface area contributed by atoms with Gasteiger partial charge >= 0.3 is 0 Å². The van der Waals surface area contributed by atoms with Gasteiger partial charge in [-0.25, -0.2) is 0 Å². The van der Waals surface area contributed by atoms with Crippen LogP contribution < -0.4 is 5.32 Å². The molecule has 4 heteroatoms. The van der Waals surface area contributed by atoms with Gasteiger partial charge in [-0.2, -0.15) is 5.53 Å². The maximum atomic E-state index is 6.17. The summed E-state index contributed by atoms with van der Waals surface area (Å²) in [7, 11) is 0. The van der Waals surface area contributed by atoms with Gasteiger partial charge < -0.3 is 5.32 Å². The molecule has 0 heterocycles. The van der Waals surface area contributed by atoms with E-state index in [1.807, 2.05) is 6.92 Å². The van der Waals surface area contributed by atoms with Crippen molar-refractivity contribution in [2.24, 2.45) is 10.3 Å². The standard InChI is InChI=1S/C3H8N4/c1-2-5-3-6-7-4/h3H,2H2,1H3,(H2,4,5,6). The lowest BCUT2D eigenvalue weighted by molar-refractivity contribution is 0.941. The van der Waals surface area contributed by atoms with E-state index >= 15 is 0 Å². The van der Waals surface area contributed by atoms with Crippen molar-refractivity contribution >= 4 is 6.34 Å². The van der Waals surface area contributed by atoms with Crippen LogP contribution in [0.15, 0.2) is 10.3 Å². The zero-order valence-corrected chi connectivity index (χ0v) is 4.18. The Bertz CT molecular complexity index is 67.3. The van der Waals surface area contributed by atoms with E-state index in [9.17, 15) is 0 Å². The first-order valence-corrected chi connectivity index (χ1v) is 2.03. The number of hydrogen-bond donors (Lipinski definition) is 2. The normalized spacial score (nSPS) is 9.29. The summed E-state index contributed by atoms with van der Waals surface area (Å²) in [5.74, 6) is 0. The molecule has 0 aliphatic carbocycles. The van der Waals surface area contributed by atoms with Gasteiger partial charge in [-0.15, -0.1) is 5.10 Å². The number of nitrogens with zero attached hydrogens (tertiary/aromatic N) is 2.